The lowest BCUT2D eigenvalue weighted by Gasteiger charge is -1.96. The molecule has 0 amide bonds. The molecule has 2 heterocycles. The van der Waals surface area contributed by atoms with Crippen LogP contribution in [0, 0.1) is 6.92 Å². The molecule has 0 unspecified atom stereocenters. The van der Waals surface area contributed by atoms with E-state index in [1.165, 1.54) is 18.4 Å². The Morgan fingerprint density at radius 2 is 2.25 bits per heavy atom. The third-order valence-corrected chi connectivity index (χ3v) is 4.65. The van der Waals surface area contributed by atoms with Crippen molar-refractivity contribution in [1.82, 2.24) is 0 Å². The summed E-state index contributed by atoms with van der Waals surface area (Å²) in [5.41, 5.74) is 7.38. The second kappa shape index (κ2) is 4.27. The molecule has 0 aliphatic heterocycles. The van der Waals surface area contributed by atoms with E-state index < -0.39 is 0 Å². The molecule has 16 heavy (non-hydrogen) atoms. The van der Waals surface area contributed by atoms with Crippen LogP contribution in [0.25, 0.3) is 9.75 Å². The Morgan fingerprint density at radius 3 is 2.81 bits per heavy atom. The molecule has 5 heteroatoms. The molecule has 2 aromatic rings. The van der Waals surface area contributed by atoms with Gasteiger partial charge in [-0.1, -0.05) is 6.07 Å². The van der Waals surface area contributed by atoms with Crippen molar-refractivity contribution in [3.63, 3.8) is 0 Å². The van der Waals surface area contributed by atoms with Crippen LogP contribution in [0.1, 0.15) is 15.2 Å². The van der Waals surface area contributed by atoms with Gasteiger partial charge in [0.15, 0.2) is 0 Å². The highest BCUT2D eigenvalue weighted by molar-refractivity contribution is 7.22. The van der Waals surface area contributed by atoms with Gasteiger partial charge in [0.25, 0.3) is 0 Å². The SMILES string of the molecule is COC(=O)c1sc(-c2cccs2)c(C)c1N. The zero-order chi connectivity index (χ0) is 11.7. The van der Waals surface area contributed by atoms with Crippen LogP contribution in [0.4, 0.5) is 5.69 Å². The summed E-state index contributed by atoms with van der Waals surface area (Å²) in [5.74, 6) is -0.367. The smallest absolute Gasteiger partial charge is 0.350 e. The van der Waals surface area contributed by atoms with Crippen molar-refractivity contribution in [1.29, 1.82) is 0 Å². The van der Waals surface area contributed by atoms with Gasteiger partial charge in [-0.3, -0.25) is 0 Å². The van der Waals surface area contributed by atoms with Crippen LogP contribution in [0.3, 0.4) is 0 Å². The first kappa shape index (κ1) is 11.2. The van der Waals surface area contributed by atoms with E-state index >= 15 is 0 Å². The standard InChI is InChI=1S/C11H11NO2S2/c1-6-8(12)10(11(13)14-2)16-9(6)7-4-3-5-15-7/h3-5H,12H2,1-2H3. The number of hydrogen-bond donors (Lipinski definition) is 1. The molecule has 0 saturated carbocycles. The summed E-state index contributed by atoms with van der Waals surface area (Å²) in [6.45, 7) is 1.92. The van der Waals surface area contributed by atoms with Gasteiger partial charge in [-0.25, -0.2) is 4.79 Å². The number of hydrogen-bond acceptors (Lipinski definition) is 5. The maximum atomic E-state index is 11.5. The molecule has 2 aromatic heterocycles. The molecular formula is C11H11NO2S2. The molecule has 2 N–H and O–H groups in total. The van der Waals surface area contributed by atoms with E-state index in [-0.39, 0.29) is 5.97 Å². The van der Waals surface area contributed by atoms with E-state index in [1.54, 1.807) is 11.3 Å². The minimum absolute atomic E-state index is 0.367. The lowest BCUT2D eigenvalue weighted by molar-refractivity contribution is 0.0607. The fourth-order valence-electron chi connectivity index (χ4n) is 1.41. The number of ether oxygens (including phenoxy) is 1. The first-order valence-electron chi connectivity index (χ1n) is 4.66. The summed E-state index contributed by atoms with van der Waals surface area (Å²) in [6.07, 6.45) is 0. The molecule has 0 radical (unpaired) electrons. The van der Waals surface area contributed by atoms with Crippen LogP contribution in [-0.4, -0.2) is 13.1 Å². The summed E-state index contributed by atoms with van der Waals surface area (Å²) in [5, 5.41) is 2.00. The largest absolute Gasteiger partial charge is 0.465 e. The molecule has 84 valence electrons. The number of nitrogens with two attached hydrogens (primary N) is 1. The van der Waals surface area contributed by atoms with Crippen molar-refractivity contribution in [2.75, 3.05) is 12.8 Å². The average Bonchev–Trinajstić information content (AvgIpc) is 2.89. The quantitative estimate of drug-likeness (QED) is 0.836. The maximum absolute atomic E-state index is 11.5. The molecule has 0 fully saturated rings. The Morgan fingerprint density at radius 1 is 1.50 bits per heavy atom. The highest BCUT2D eigenvalue weighted by Gasteiger charge is 2.20. The van der Waals surface area contributed by atoms with Crippen LogP contribution in [0.5, 0.6) is 0 Å². The highest BCUT2D eigenvalue weighted by atomic mass is 32.1. The Kier molecular flexibility index (Phi) is 2.98. The van der Waals surface area contributed by atoms with Gasteiger partial charge in [-0.05, 0) is 23.9 Å². The van der Waals surface area contributed by atoms with Crippen molar-refractivity contribution < 1.29 is 9.53 Å². The van der Waals surface area contributed by atoms with Crippen LogP contribution in [0.2, 0.25) is 0 Å². The molecule has 0 atom stereocenters. The van der Waals surface area contributed by atoms with Gasteiger partial charge >= 0.3 is 5.97 Å². The van der Waals surface area contributed by atoms with Gasteiger partial charge in [0.1, 0.15) is 4.88 Å². The lowest BCUT2D eigenvalue weighted by atomic mass is 10.2. The number of carbonyl (C=O) groups is 1. The molecule has 2 rings (SSSR count). The molecule has 0 spiro atoms. The molecule has 0 aromatic carbocycles. The highest BCUT2D eigenvalue weighted by Crippen LogP contribution is 2.40. The van der Waals surface area contributed by atoms with Gasteiger partial charge < -0.3 is 10.5 Å². The first-order chi connectivity index (χ1) is 7.65. The van der Waals surface area contributed by atoms with Gasteiger partial charge in [0.2, 0.25) is 0 Å². The Hall–Kier alpha value is -1.33. The van der Waals surface area contributed by atoms with Crippen molar-refractivity contribution in [3.8, 4) is 9.75 Å². The summed E-state index contributed by atoms with van der Waals surface area (Å²) in [6, 6.07) is 4.00. The van der Waals surface area contributed by atoms with E-state index in [4.69, 9.17) is 10.5 Å². The van der Waals surface area contributed by atoms with Gasteiger partial charge in [-0.15, -0.1) is 22.7 Å². The Labute approximate surface area is 101 Å². The lowest BCUT2D eigenvalue weighted by Crippen LogP contribution is -2.01. The summed E-state index contributed by atoms with van der Waals surface area (Å²) >= 11 is 3.02. The number of rotatable bonds is 2. The minimum Gasteiger partial charge on any atom is -0.465 e. The van der Waals surface area contributed by atoms with Crippen molar-refractivity contribution >= 4 is 34.3 Å². The summed E-state index contributed by atoms with van der Waals surface area (Å²) in [4.78, 5) is 14.1. The van der Waals surface area contributed by atoms with Crippen LogP contribution >= 0.6 is 22.7 Å². The molecule has 0 bridgehead atoms. The Bertz CT molecular complexity index is 514. The van der Waals surface area contributed by atoms with Crippen LogP contribution in [-0.2, 0) is 4.74 Å². The molecule has 0 saturated heterocycles. The predicted molar refractivity (Wildman–Crippen MR) is 68.1 cm³/mol. The predicted octanol–water partition coefficient (Wildman–Crippen LogP) is 3.15. The molecular weight excluding hydrogens is 242 g/mol. The zero-order valence-corrected chi connectivity index (χ0v) is 10.6. The van der Waals surface area contributed by atoms with E-state index in [9.17, 15) is 4.79 Å². The van der Waals surface area contributed by atoms with Crippen molar-refractivity contribution in [2.24, 2.45) is 0 Å². The van der Waals surface area contributed by atoms with Gasteiger partial charge in [0, 0.05) is 4.88 Å². The van der Waals surface area contributed by atoms with Gasteiger partial charge in [-0.2, -0.15) is 0 Å². The number of thiophene rings is 2. The number of nitrogen functional groups attached to an aromatic ring is 1. The monoisotopic (exact) mass is 253 g/mol. The fourth-order valence-corrected chi connectivity index (χ4v) is 3.47. The average molecular weight is 253 g/mol. The number of carbonyl (C=O) groups excluding carboxylic acids is 1. The Balaban J connectivity index is 2.54. The number of methoxy groups -OCH3 is 1. The number of anilines is 1. The molecule has 0 aliphatic carbocycles. The third-order valence-electron chi connectivity index (χ3n) is 2.31. The normalized spacial score (nSPS) is 10.4. The zero-order valence-electron chi connectivity index (χ0n) is 8.94. The first-order valence-corrected chi connectivity index (χ1v) is 6.35. The topological polar surface area (TPSA) is 52.3 Å². The van der Waals surface area contributed by atoms with E-state index in [2.05, 4.69) is 0 Å². The fraction of sp³-hybridized carbons (Fsp3) is 0.182. The summed E-state index contributed by atoms with van der Waals surface area (Å²) in [7, 11) is 1.36. The van der Waals surface area contributed by atoms with Crippen molar-refractivity contribution in [2.45, 2.75) is 6.92 Å². The van der Waals surface area contributed by atoms with Crippen molar-refractivity contribution in [3.05, 3.63) is 28.0 Å². The molecule has 0 aliphatic rings. The minimum atomic E-state index is -0.367. The second-order valence-corrected chi connectivity index (χ2v) is 5.24. The van der Waals surface area contributed by atoms with E-state index in [1.807, 2.05) is 24.4 Å². The van der Waals surface area contributed by atoms with E-state index in [0.717, 1.165) is 15.3 Å². The summed E-state index contributed by atoms with van der Waals surface area (Å²) < 4.78 is 4.70. The van der Waals surface area contributed by atoms with Crippen LogP contribution < -0.4 is 5.73 Å². The van der Waals surface area contributed by atoms with Crippen LogP contribution in [0.15, 0.2) is 17.5 Å². The molecule has 3 nitrogen and oxygen atoms in total. The third kappa shape index (κ3) is 1.72. The maximum Gasteiger partial charge on any atom is 0.350 e. The van der Waals surface area contributed by atoms with Gasteiger partial charge in [0.05, 0.1) is 17.7 Å². The number of esters is 1. The van der Waals surface area contributed by atoms with E-state index in [0.29, 0.717) is 10.6 Å². The second-order valence-electron chi connectivity index (χ2n) is 3.27.